The maximum atomic E-state index is 12.3. The normalized spacial score (nSPS) is 11.8. The van der Waals surface area contributed by atoms with Crippen molar-refractivity contribution in [2.75, 3.05) is 5.32 Å². The molecule has 0 saturated carbocycles. The van der Waals surface area contributed by atoms with Crippen LogP contribution < -0.4 is 10.1 Å². The Morgan fingerprint density at radius 3 is 2.72 bits per heavy atom. The number of aryl methyl sites for hydroxylation is 1. The Labute approximate surface area is 155 Å². The van der Waals surface area contributed by atoms with Crippen LogP contribution in [0.4, 0.5) is 5.13 Å². The third-order valence-electron chi connectivity index (χ3n) is 3.56. The number of ether oxygens (including phenoxy) is 1. The maximum absolute atomic E-state index is 12.3. The lowest BCUT2D eigenvalue weighted by Gasteiger charge is -2.13. The van der Waals surface area contributed by atoms with Crippen LogP contribution in [0.1, 0.15) is 12.5 Å². The van der Waals surface area contributed by atoms with Crippen LogP contribution in [0, 0.1) is 6.92 Å². The van der Waals surface area contributed by atoms with Crippen molar-refractivity contribution in [1.82, 2.24) is 4.98 Å². The first-order valence-corrected chi connectivity index (χ1v) is 9.03. The number of rotatable bonds is 5. The molecule has 3 rings (SSSR count). The Bertz CT molecular complexity index is 877. The van der Waals surface area contributed by atoms with Gasteiger partial charge < -0.3 is 4.74 Å². The molecule has 1 N–H and O–H groups in total. The summed E-state index contributed by atoms with van der Waals surface area (Å²) in [6.07, 6.45) is -0.662. The zero-order chi connectivity index (χ0) is 17.8. The van der Waals surface area contributed by atoms with Crippen LogP contribution in [0.5, 0.6) is 5.75 Å². The molecule has 1 aromatic heterocycles. The smallest absolute Gasteiger partial charge is 0.266 e. The van der Waals surface area contributed by atoms with E-state index < -0.39 is 6.10 Å². The summed E-state index contributed by atoms with van der Waals surface area (Å²) in [6.45, 7) is 3.72. The Kier molecular flexibility index (Phi) is 5.36. The highest BCUT2D eigenvalue weighted by Gasteiger charge is 2.17. The Morgan fingerprint density at radius 2 is 2.00 bits per heavy atom. The van der Waals surface area contributed by atoms with Gasteiger partial charge in [0.1, 0.15) is 5.75 Å². The summed E-state index contributed by atoms with van der Waals surface area (Å²) in [6, 6.07) is 15.1. The fourth-order valence-corrected chi connectivity index (χ4v) is 3.10. The molecule has 1 amide bonds. The van der Waals surface area contributed by atoms with Gasteiger partial charge in [0.2, 0.25) is 0 Å². The molecule has 0 radical (unpaired) electrons. The summed E-state index contributed by atoms with van der Waals surface area (Å²) in [5, 5.41) is 5.81. The van der Waals surface area contributed by atoms with Crippen LogP contribution in [-0.4, -0.2) is 17.0 Å². The Hall–Kier alpha value is -2.37. The summed E-state index contributed by atoms with van der Waals surface area (Å²) in [5.41, 5.74) is 3.05. The average molecular weight is 373 g/mol. The summed E-state index contributed by atoms with van der Waals surface area (Å²) in [4.78, 5) is 16.8. The summed E-state index contributed by atoms with van der Waals surface area (Å²) in [7, 11) is 0. The van der Waals surface area contributed by atoms with E-state index in [1.165, 1.54) is 16.9 Å². The van der Waals surface area contributed by atoms with E-state index in [9.17, 15) is 4.79 Å². The van der Waals surface area contributed by atoms with Gasteiger partial charge in [-0.1, -0.05) is 47.5 Å². The lowest BCUT2D eigenvalue weighted by Crippen LogP contribution is -2.30. The van der Waals surface area contributed by atoms with Gasteiger partial charge >= 0.3 is 0 Å². The zero-order valence-corrected chi connectivity index (χ0v) is 15.4. The number of nitrogens with zero attached hydrogens (tertiary/aromatic N) is 1. The van der Waals surface area contributed by atoms with Crippen molar-refractivity contribution in [2.45, 2.75) is 20.0 Å². The number of hydrogen-bond donors (Lipinski definition) is 1. The molecule has 0 bridgehead atoms. The van der Waals surface area contributed by atoms with Gasteiger partial charge in [-0.2, -0.15) is 0 Å². The minimum absolute atomic E-state index is 0.259. The number of carbonyl (C=O) groups is 1. The molecule has 0 aliphatic heterocycles. The molecule has 3 aromatic rings. The molecule has 0 aliphatic carbocycles. The van der Waals surface area contributed by atoms with E-state index in [1.807, 2.05) is 36.6 Å². The van der Waals surface area contributed by atoms with Crippen molar-refractivity contribution in [1.29, 1.82) is 0 Å². The van der Waals surface area contributed by atoms with Gasteiger partial charge in [-0.15, -0.1) is 11.3 Å². The van der Waals surface area contributed by atoms with E-state index in [0.29, 0.717) is 15.9 Å². The SMILES string of the molecule is Cc1ccc(-c2csc(NC(=O)C(C)Oc3cccc(Cl)c3)n2)cc1. The van der Waals surface area contributed by atoms with Crippen molar-refractivity contribution < 1.29 is 9.53 Å². The molecule has 25 heavy (non-hydrogen) atoms. The molecule has 1 heterocycles. The molecule has 0 spiro atoms. The summed E-state index contributed by atoms with van der Waals surface area (Å²) in [5.74, 6) is 0.291. The quantitative estimate of drug-likeness (QED) is 0.671. The van der Waals surface area contributed by atoms with Gasteiger partial charge in [0.25, 0.3) is 5.91 Å². The average Bonchev–Trinajstić information content (AvgIpc) is 3.04. The number of halogens is 1. The molecule has 2 aromatic carbocycles. The third-order valence-corrected chi connectivity index (χ3v) is 4.55. The predicted octanol–water partition coefficient (Wildman–Crippen LogP) is 5.18. The molecule has 0 saturated heterocycles. The molecule has 4 nitrogen and oxygen atoms in total. The highest BCUT2D eigenvalue weighted by Crippen LogP contribution is 2.25. The van der Waals surface area contributed by atoms with E-state index >= 15 is 0 Å². The molecule has 128 valence electrons. The number of aromatic nitrogens is 1. The molecule has 6 heteroatoms. The number of hydrogen-bond acceptors (Lipinski definition) is 4. The first-order chi connectivity index (χ1) is 12.0. The van der Waals surface area contributed by atoms with Gasteiger partial charge in [0, 0.05) is 16.0 Å². The van der Waals surface area contributed by atoms with Gasteiger partial charge in [-0.05, 0) is 32.0 Å². The lowest BCUT2D eigenvalue weighted by atomic mass is 10.1. The van der Waals surface area contributed by atoms with E-state index in [4.69, 9.17) is 16.3 Å². The van der Waals surface area contributed by atoms with Crippen LogP contribution in [0.2, 0.25) is 5.02 Å². The van der Waals surface area contributed by atoms with E-state index in [0.717, 1.165) is 11.3 Å². The Balaban J connectivity index is 1.64. The fraction of sp³-hybridized carbons (Fsp3) is 0.158. The molecule has 0 aliphatic rings. The van der Waals surface area contributed by atoms with Crippen LogP contribution in [0.3, 0.4) is 0 Å². The molecule has 1 unspecified atom stereocenters. The van der Waals surface area contributed by atoms with Crippen LogP contribution in [0.25, 0.3) is 11.3 Å². The highest BCUT2D eigenvalue weighted by molar-refractivity contribution is 7.14. The number of benzene rings is 2. The van der Waals surface area contributed by atoms with E-state index in [2.05, 4.69) is 10.3 Å². The number of amides is 1. The van der Waals surface area contributed by atoms with E-state index in [-0.39, 0.29) is 5.91 Å². The third kappa shape index (κ3) is 4.59. The molecule has 0 fully saturated rings. The van der Waals surface area contributed by atoms with Crippen LogP contribution >= 0.6 is 22.9 Å². The zero-order valence-electron chi connectivity index (χ0n) is 13.8. The standard InChI is InChI=1S/C19H17ClN2O2S/c1-12-6-8-14(9-7-12)17-11-25-19(21-17)22-18(23)13(2)24-16-5-3-4-15(20)10-16/h3-11,13H,1-2H3,(H,21,22,23). The number of thiazole rings is 1. The van der Waals surface area contributed by atoms with Crippen molar-refractivity contribution in [3.63, 3.8) is 0 Å². The number of anilines is 1. The van der Waals surface area contributed by atoms with Crippen molar-refractivity contribution in [3.8, 4) is 17.0 Å². The Morgan fingerprint density at radius 1 is 1.24 bits per heavy atom. The second-order valence-electron chi connectivity index (χ2n) is 5.61. The monoisotopic (exact) mass is 372 g/mol. The maximum Gasteiger partial charge on any atom is 0.266 e. The number of carbonyl (C=O) groups excluding carboxylic acids is 1. The first kappa shape index (κ1) is 17.5. The van der Waals surface area contributed by atoms with E-state index in [1.54, 1.807) is 31.2 Å². The van der Waals surface area contributed by atoms with Crippen molar-refractivity contribution in [2.24, 2.45) is 0 Å². The number of nitrogens with one attached hydrogen (secondary N) is 1. The minimum Gasteiger partial charge on any atom is -0.481 e. The second kappa shape index (κ2) is 7.68. The van der Waals surface area contributed by atoms with Crippen molar-refractivity contribution in [3.05, 3.63) is 64.5 Å². The molecule has 1 atom stereocenters. The largest absolute Gasteiger partial charge is 0.481 e. The van der Waals surface area contributed by atoms with Gasteiger partial charge in [0.15, 0.2) is 11.2 Å². The predicted molar refractivity (Wildman–Crippen MR) is 102 cm³/mol. The van der Waals surface area contributed by atoms with Crippen molar-refractivity contribution >= 4 is 34.0 Å². The van der Waals surface area contributed by atoms with Crippen LogP contribution in [-0.2, 0) is 4.79 Å². The van der Waals surface area contributed by atoms with Crippen LogP contribution in [0.15, 0.2) is 53.9 Å². The topological polar surface area (TPSA) is 51.2 Å². The summed E-state index contributed by atoms with van der Waals surface area (Å²) >= 11 is 7.30. The highest BCUT2D eigenvalue weighted by atomic mass is 35.5. The van der Waals surface area contributed by atoms with Gasteiger partial charge in [-0.3, -0.25) is 10.1 Å². The fourth-order valence-electron chi connectivity index (χ4n) is 2.19. The lowest BCUT2D eigenvalue weighted by molar-refractivity contribution is -0.122. The molecular formula is C19H17ClN2O2S. The molecular weight excluding hydrogens is 356 g/mol. The van der Waals surface area contributed by atoms with Gasteiger partial charge in [-0.25, -0.2) is 4.98 Å². The first-order valence-electron chi connectivity index (χ1n) is 7.77. The summed E-state index contributed by atoms with van der Waals surface area (Å²) < 4.78 is 5.61. The van der Waals surface area contributed by atoms with Gasteiger partial charge in [0.05, 0.1) is 5.69 Å². The second-order valence-corrected chi connectivity index (χ2v) is 6.91. The minimum atomic E-state index is -0.662.